The Bertz CT molecular complexity index is 584. The monoisotopic (exact) mass is 386 g/mol. The highest BCUT2D eigenvalue weighted by molar-refractivity contribution is 5.86. The molecule has 154 valence electrons. The molecule has 0 aromatic carbocycles. The van der Waals surface area contributed by atoms with E-state index in [4.69, 9.17) is 16.0 Å². The van der Waals surface area contributed by atoms with Crippen molar-refractivity contribution in [3.63, 3.8) is 0 Å². The SMILES string of the molecule is C[C@H]([C@@H](CO)NC(=O)[C@@H](NC(=O)OC(C)(C)C)[C@H](C)N=[N+]=[N-])[C@@H](C)C(N)=O. The molecule has 11 nitrogen and oxygen atoms in total. The second kappa shape index (κ2) is 10.6. The first-order valence-electron chi connectivity index (χ1n) is 8.58. The lowest BCUT2D eigenvalue weighted by molar-refractivity contribution is -0.127. The molecule has 3 amide bonds. The van der Waals surface area contributed by atoms with E-state index in [9.17, 15) is 19.5 Å². The first kappa shape index (κ1) is 24.5. The molecular formula is C16H30N6O5. The molecule has 0 aliphatic carbocycles. The molecule has 0 aromatic rings. The number of rotatable bonds is 9. The van der Waals surface area contributed by atoms with Crippen molar-refractivity contribution in [2.75, 3.05) is 6.61 Å². The van der Waals surface area contributed by atoms with Crippen LogP contribution < -0.4 is 16.4 Å². The van der Waals surface area contributed by atoms with Crippen LogP contribution in [0.2, 0.25) is 0 Å². The Kier molecular flexibility index (Phi) is 9.60. The summed E-state index contributed by atoms with van der Waals surface area (Å²) in [4.78, 5) is 38.6. The van der Waals surface area contributed by atoms with Crippen LogP contribution in [0.1, 0.15) is 41.5 Å². The van der Waals surface area contributed by atoms with E-state index in [0.717, 1.165) is 0 Å². The summed E-state index contributed by atoms with van der Waals surface area (Å²) in [6, 6.07) is -2.95. The van der Waals surface area contributed by atoms with Crippen LogP contribution >= 0.6 is 0 Å². The molecule has 0 aliphatic rings. The topological polar surface area (TPSA) is 180 Å². The smallest absolute Gasteiger partial charge is 0.408 e. The highest BCUT2D eigenvalue weighted by Crippen LogP contribution is 2.16. The minimum Gasteiger partial charge on any atom is -0.444 e. The molecule has 0 bridgehead atoms. The molecule has 0 fully saturated rings. The third-order valence-corrected chi connectivity index (χ3v) is 4.07. The van der Waals surface area contributed by atoms with E-state index in [1.165, 1.54) is 6.92 Å². The number of aliphatic hydroxyl groups is 1. The van der Waals surface area contributed by atoms with Crippen molar-refractivity contribution in [1.29, 1.82) is 0 Å². The summed E-state index contributed by atoms with van der Waals surface area (Å²) < 4.78 is 5.12. The van der Waals surface area contributed by atoms with Crippen LogP contribution in [0.4, 0.5) is 4.79 Å². The van der Waals surface area contributed by atoms with E-state index in [-0.39, 0.29) is 0 Å². The number of azide groups is 1. The van der Waals surface area contributed by atoms with Crippen LogP contribution in [-0.2, 0) is 14.3 Å². The molecule has 5 atom stereocenters. The zero-order valence-electron chi connectivity index (χ0n) is 16.6. The number of nitrogens with one attached hydrogen (secondary N) is 2. The molecule has 0 unspecified atom stereocenters. The summed E-state index contributed by atoms with van der Waals surface area (Å²) in [7, 11) is 0. The second-order valence-electron chi connectivity index (χ2n) is 7.42. The number of aliphatic hydroxyl groups excluding tert-OH is 1. The minimum absolute atomic E-state index is 0.445. The van der Waals surface area contributed by atoms with Gasteiger partial charge in [-0.15, -0.1) is 0 Å². The van der Waals surface area contributed by atoms with Crippen LogP contribution in [0.5, 0.6) is 0 Å². The van der Waals surface area contributed by atoms with Gasteiger partial charge in [-0.25, -0.2) is 4.79 Å². The number of amides is 3. The van der Waals surface area contributed by atoms with Crippen molar-refractivity contribution in [2.45, 2.75) is 65.3 Å². The van der Waals surface area contributed by atoms with Gasteiger partial charge in [0.2, 0.25) is 11.8 Å². The number of alkyl carbamates (subject to hydrolysis) is 1. The zero-order valence-corrected chi connectivity index (χ0v) is 16.6. The average molecular weight is 386 g/mol. The van der Waals surface area contributed by atoms with Gasteiger partial charge in [0.25, 0.3) is 0 Å². The highest BCUT2D eigenvalue weighted by Gasteiger charge is 2.33. The molecule has 11 heteroatoms. The lowest BCUT2D eigenvalue weighted by Crippen LogP contribution is -2.57. The van der Waals surface area contributed by atoms with Gasteiger partial charge in [0, 0.05) is 10.8 Å². The van der Waals surface area contributed by atoms with E-state index >= 15 is 0 Å². The summed E-state index contributed by atoms with van der Waals surface area (Å²) in [5.74, 6) is -2.33. The van der Waals surface area contributed by atoms with Gasteiger partial charge < -0.3 is 26.2 Å². The molecule has 0 saturated carbocycles. The van der Waals surface area contributed by atoms with Gasteiger partial charge in [-0.3, -0.25) is 9.59 Å². The second-order valence-corrected chi connectivity index (χ2v) is 7.42. The number of nitrogens with two attached hydrogens (primary N) is 1. The standard InChI is InChI=1S/C16H30N6O5/c1-8(9(2)13(17)24)11(7-23)19-14(25)12(10(3)21-22-18)20-15(26)27-16(4,5)6/h8-12,23H,7H2,1-6H3,(H2,17,24)(H,19,25)(H,20,26)/t8-,9+,10-,11+,12-/m0/s1. The fourth-order valence-corrected chi connectivity index (χ4v) is 2.21. The van der Waals surface area contributed by atoms with Crippen molar-refractivity contribution >= 4 is 17.9 Å². The Morgan fingerprint density at radius 1 is 1.22 bits per heavy atom. The van der Waals surface area contributed by atoms with Gasteiger partial charge in [-0.05, 0) is 32.2 Å². The van der Waals surface area contributed by atoms with Gasteiger partial charge in [0.05, 0.1) is 18.7 Å². The van der Waals surface area contributed by atoms with Gasteiger partial charge in [0.15, 0.2) is 0 Å². The van der Waals surface area contributed by atoms with Crippen molar-refractivity contribution in [2.24, 2.45) is 22.7 Å². The maximum Gasteiger partial charge on any atom is 0.408 e. The molecule has 0 aromatic heterocycles. The van der Waals surface area contributed by atoms with Crippen LogP contribution in [0.15, 0.2) is 5.11 Å². The largest absolute Gasteiger partial charge is 0.444 e. The van der Waals surface area contributed by atoms with Gasteiger partial charge in [-0.2, -0.15) is 0 Å². The van der Waals surface area contributed by atoms with Gasteiger partial charge in [0.1, 0.15) is 11.6 Å². The molecule has 27 heavy (non-hydrogen) atoms. The first-order chi connectivity index (χ1) is 12.3. The quantitative estimate of drug-likeness (QED) is 0.259. The Balaban J connectivity index is 5.35. The fourth-order valence-electron chi connectivity index (χ4n) is 2.21. The Labute approximate surface area is 158 Å². The third kappa shape index (κ3) is 8.61. The number of carbonyl (C=O) groups excluding carboxylic acids is 3. The lowest BCUT2D eigenvalue weighted by Gasteiger charge is -2.30. The summed E-state index contributed by atoms with van der Waals surface area (Å²) >= 11 is 0. The highest BCUT2D eigenvalue weighted by atomic mass is 16.6. The average Bonchev–Trinajstić information content (AvgIpc) is 2.54. The van der Waals surface area contributed by atoms with Crippen LogP contribution in [0.25, 0.3) is 10.4 Å². The van der Waals surface area contributed by atoms with Crippen molar-refractivity contribution < 1.29 is 24.2 Å². The molecular weight excluding hydrogens is 356 g/mol. The minimum atomic E-state index is -1.24. The number of ether oxygens (including phenoxy) is 1. The van der Waals surface area contributed by atoms with E-state index in [0.29, 0.717) is 0 Å². The Morgan fingerprint density at radius 3 is 2.19 bits per heavy atom. The van der Waals surface area contributed by atoms with Gasteiger partial charge in [-0.1, -0.05) is 25.9 Å². The molecule has 0 aliphatic heterocycles. The fraction of sp³-hybridized carbons (Fsp3) is 0.812. The van der Waals surface area contributed by atoms with Crippen molar-refractivity contribution in [3.8, 4) is 0 Å². The van der Waals surface area contributed by atoms with Crippen molar-refractivity contribution in [1.82, 2.24) is 10.6 Å². The van der Waals surface area contributed by atoms with E-state index < -0.39 is 60.1 Å². The normalized spacial score (nSPS) is 16.7. The molecule has 0 saturated heterocycles. The van der Waals surface area contributed by atoms with E-state index in [1.807, 2.05) is 0 Å². The first-order valence-corrected chi connectivity index (χ1v) is 8.58. The number of hydrogen-bond donors (Lipinski definition) is 4. The predicted molar refractivity (Wildman–Crippen MR) is 98.3 cm³/mol. The Hall–Kier alpha value is -2.52. The molecule has 0 spiro atoms. The summed E-state index contributed by atoms with van der Waals surface area (Å²) in [5.41, 5.74) is 13.1. The number of nitrogens with zero attached hydrogens (tertiary/aromatic N) is 3. The maximum absolute atomic E-state index is 12.6. The van der Waals surface area contributed by atoms with Crippen LogP contribution in [0.3, 0.4) is 0 Å². The van der Waals surface area contributed by atoms with E-state index in [2.05, 4.69) is 20.7 Å². The summed E-state index contributed by atoms with van der Waals surface area (Å²) in [5, 5.41) is 17.9. The number of carbonyl (C=O) groups is 3. The third-order valence-electron chi connectivity index (χ3n) is 4.07. The van der Waals surface area contributed by atoms with Crippen LogP contribution in [-0.4, -0.2) is 53.3 Å². The number of hydrogen-bond acceptors (Lipinski definition) is 6. The Morgan fingerprint density at radius 2 is 1.78 bits per heavy atom. The predicted octanol–water partition coefficient (Wildman–Crippen LogP) is 0.813. The van der Waals surface area contributed by atoms with Crippen molar-refractivity contribution in [3.05, 3.63) is 10.4 Å². The summed E-state index contributed by atoms with van der Waals surface area (Å²) in [6.45, 7) is 9.22. The number of primary amides is 1. The summed E-state index contributed by atoms with van der Waals surface area (Å²) in [6.07, 6.45) is -0.859. The molecule has 0 rings (SSSR count). The molecule has 0 radical (unpaired) electrons. The lowest BCUT2D eigenvalue weighted by atomic mass is 9.88. The maximum atomic E-state index is 12.6. The van der Waals surface area contributed by atoms with E-state index in [1.54, 1.807) is 34.6 Å². The molecule has 0 heterocycles. The molecule has 5 N–H and O–H groups in total. The zero-order chi connectivity index (χ0) is 21.4. The van der Waals surface area contributed by atoms with Crippen LogP contribution in [0, 0.1) is 11.8 Å². The van der Waals surface area contributed by atoms with Gasteiger partial charge >= 0.3 is 6.09 Å².